The molecule has 0 heterocycles. The number of carbonyl (C=O) groups excluding carboxylic acids is 1. The summed E-state index contributed by atoms with van der Waals surface area (Å²) in [5.41, 5.74) is 0.129. The molecule has 0 unspecified atom stereocenters. The van der Waals surface area contributed by atoms with E-state index in [4.69, 9.17) is 0 Å². The number of sulfone groups is 1. The lowest BCUT2D eigenvalue weighted by molar-refractivity contribution is -0.384. The number of amides is 1. The molecule has 0 aliphatic heterocycles. The Hall–Kier alpha value is -3.00. The average molecular weight is 346 g/mol. The Labute approximate surface area is 138 Å². The van der Waals surface area contributed by atoms with Crippen LogP contribution in [0, 0.1) is 10.1 Å². The van der Waals surface area contributed by atoms with Crippen LogP contribution in [-0.2, 0) is 14.6 Å². The van der Waals surface area contributed by atoms with Gasteiger partial charge in [0.1, 0.15) is 4.91 Å². The van der Waals surface area contributed by atoms with Gasteiger partial charge in [-0.2, -0.15) is 0 Å². The zero-order chi connectivity index (χ0) is 17.7. The molecule has 124 valence electrons. The summed E-state index contributed by atoms with van der Waals surface area (Å²) in [6, 6.07) is 12.7. The summed E-state index contributed by atoms with van der Waals surface area (Å²) < 4.78 is 25.0. The second kappa shape index (κ2) is 7.05. The maximum absolute atomic E-state index is 12.5. The van der Waals surface area contributed by atoms with Crippen LogP contribution in [0.2, 0.25) is 0 Å². The normalized spacial score (nSPS) is 11.8. The van der Waals surface area contributed by atoms with E-state index in [1.807, 2.05) is 0 Å². The predicted molar refractivity (Wildman–Crippen MR) is 89.1 cm³/mol. The number of carbonyl (C=O) groups is 1. The molecule has 1 N–H and O–H groups in total. The number of nitro groups is 1. The van der Waals surface area contributed by atoms with Crippen LogP contribution in [-0.4, -0.2) is 19.2 Å². The van der Waals surface area contributed by atoms with Crippen LogP contribution in [0.4, 0.5) is 11.4 Å². The molecule has 0 saturated carbocycles. The predicted octanol–water partition coefficient (Wildman–Crippen LogP) is 2.91. The molecule has 0 aromatic heterocycles. The number of nitrogens with zero attached hydrogens (tertiary/aromatic N) is 1. The maximum Gasteiger partial charge on any atom is 0.269 e. The van der Waals surface area contributed by atoms with Gasteiger partial charge in [0.15, 0.2) is 0 Å². The van der Waals surface area contributed by atoms with Gasteiger partial charge in [0.2, 0.25) is 9.84 Å². The lowest BCUT2D eigenvalue weighted by Crippen LogP contribution is -2.21. The van der Waals surface area contributed by atoms with Crippen LogP contribution >= 0.6 is 0 Å². The number of rotatable bonds is 5. The number of anilines is 1. The molecule has 7 nitrogen and oxygen atoms in total. The van der Waals surface area contributed by atoms with Crippen molar-refractivity contribution in [2.75, 3.05) is 5.32 Å². The van der Waals surface area contributed by atoms with Crippen molar-refractivity contribution in [2.45, 2.75) is 11.8 Å². The van der Waals surface area contributed by atoms with Gasteiger partial charge in [-0.05, 0) is 31.2 Å². The number of hydrogen-bond acceptors (Lipinski definition) is 5. The molecule has 0 atom stereocenters. The Kier molecular flexibility index (Phi) is 5.10. The Morgan fingerprint density at radius 2 is 1.67 bits per heavy atom. The van der Waals surface area contributed by atoms with E-state index in [0.29, 0.717) is 0 Å². The average Bonchev–Trinajstić information content (AvgIpc) is 2.56. The fourth-order valence-corrected chi connectivity index (χ4v) is 3.37. The quantitative estimate of drug-likeness (QED) is 0.509. The van der Waals surface area contributed by atoms with Gasteiger partial charge in [-0.15, -0.1) is 0 Å². The highest BCUT2D eigenvalue weighted by atomic mass is 32.2. The topological polar surface area (TPSA) is 106 Å². The van der Waals surface area contributed by atoms with Crippen LogP contribution in [0.15, 0.2) is 70.5 Å². The summed E-state index contributed by atoms with van der Waals surface area (Å²) in [7, 11) is -3.95. The third-order valence-corrected chi connectivity index (χ3v) is 5.06. The number of benzene rings is 2. The van der Waals surface area contributed by atoms with Crippen molar-refractivity contribution in [2.24, 2.45) is 0 Å². The van der Waals surface area contributed by atoms with Crippen LogP contribution in [0.25, 0.3) is 0 Å². The number of nitrogens with one attached hydrogen (secondary N) is 1. The molecule has 0 bridgehead atoms. The van der Waals surface area contributed by atoms with E-state index < -0.39 is 25.6 Å². The van der Waals surface area contributed by atoms with Crippen molar-refractivity contribution in [1.29, 1.82) is 0 Å². The van der Waals surface area contributed by atoms with Crippen molar-refractivity contribution < 1.29 is 18.1 Å². The number of hydrogen-bond donors (Lipinski definition) is 1. The minimum atomic E-state index is -3.95. The van der Waals surface area contributed by atoms with Crippen LogP contribution in [0.3, 0.4) is 0 Å². The van der Waals surface area contributed by atoms with Gasteiger partial charge in [-0.1, -0.05) is 24.3 Å². The van der Waals surface area contributed by atoms with E-state index in [9.17, 15) is 23.3 Å². The SMILES string of the molecule is C/C=C(/C(=O)Nc1ccc([N+](=O)[O-])cc1)S(=O)(=O)c1ccccc1. The van der Waals surface area contributed by atoms with Crippen molar-refractivity contribution in [3.8, 4) is 0 Å². The second-order valence-electron chi connectivity index (χ2n) is 4.73. The largest absolute Gasteiger partial charge is 0.321 e. The van der Waals surface area contributed by atoms with Gasteiger partial charge in [0.25, 0.3) is 11.6 Å². The van der Waals surface area contributed by atoms with Crippen LogP contribution in [0.1, 0.15) is 6.92 Å². The second-order valence-corrected chi connectivity index (χ2v) is 6.65. The highest BCUT2D eigenvalue weighted by Crippen LogP contribution is 2.21. The van der Waals surface area contributed by atoms with Gasteiger partial charge in [-0.3, -0.25) is 14.9 Å². The van der Waals surface area contributed by atoms with Crippen molar-refractivity contribution in [3.05, 3.63) is 75.7 Å². The molecule has 0 aliphatic rings. The zero-order valence-corrected chi connectivity index (χ0v) is 13.5. The van der Waals surface area contributed by atoms with Crippen molar-refractivity contribution >= 4 is 27.1 Å². The van der Waals surface area contributed by atoms with Crippen molar-refractivity contribution in [1.82, 2.24) is 0 Å². The summed E-state index contributed by atoms with van der Waals surface area (Å²) in [6.07, 6.45) is 1.21. The molecule has 0 aliphatic carbocycles. The molecule has 0 spiro atoms. The molecule has 0 saturated heterocycles. The Morgan fingerprint density at radius 3 is 2.17 bits per heavy atom. The van der Waals surface area contributed by atoms with Gasteiger partial charge < -0.3 is 5.32 Å². The van der Waals surface area contributed by atoms with Crippen LogP contribution in [0.5, 0.6) is 0 Å². The minimum Gasteiger partial charge on any atom is -0.321 e. The standard InChI is InChI=1S/C16H14N2O5S/c1-2-15(24(22,23)14-6-4-3-5-7-14)16(19)17-12-8-10-13(11-9-12)18(20)21/h2-11H,1H3,(H,17,19)/b15-2-. The molecular formula is C16H14N2O5S. The molecule has 0 fully saturated rings. The lowest BCUT2D eigenvalue weighted by Gasteiger charge is -2.10. The van der Waals surface area contributed by atoms with Crippen LogP contribution < -0.4 is 5.32 Å². The highest BCUT2D eigenvalue weighted by molar-refractivity contribution is 7.96. The molecule has 1 amide bonds. The van der Waals surface area contributed by atoms with E-state index in [1.54, 1.807) is 18.2 Å². The first-order valence-electron chi connectivity index (χ1n) is 6.88. The zero-order valence-electron chi connectivity index (χ0n) is 12.7. The van der Waals surface area contributed by atoms with Crippen molar-refractivity contribution in [3.63, 3.8) is 0 Å². The summed E-state index contributed by atoms with van der Waals surface area (Å²) in [5.74, 6) is -0.810. The molecule has 2 aromatic rings. The molecule has 24 heavy (non-hydrogen) atoms. The fraction of sp³-hybridized carbons (Fsp3) is 0.0625. The van der Waals surface area contributed by atoms with Gasteiger partial charge in [0, 0.05) is 17.8 Å². The minimum absolute atomic E-state index is 0.0111. The summed E-state index contributed by atoms with van der Waals surface area (Å²) >= 11 is 0. The molecule has 2 rings (SSSR count). The van der Waals surface area contributed by atoms with E-state index in [2.05, 4.69) is 5.32 Å². The fourth-order valence-electron chi connectivity index (χ4n) is 1.99. The number of non-ortho nitro benzene ring substituents is 1. The third-order valence-electron chi connectivity index (χ3n) is 3.16. The maximum atomic E-state index is 12.5. The van der Waals surface area contributed by atoms with Gasteiger partial charge in [0.05, 0.1) is 9.82 Å². The van der Waals surface area contributed by atoms with E-state index >= 15 is 0 Å². The number of nitro benzene ring substituents is 1. The van der Waals surface area contributed by atoms with E-state index in [1.165, 1.54) is 49.4 Å². The molecule has 0 radical (unpaired) electrons. The smallest absolute Gasteiger partial charge is 0.269 e. The molecular weight excluding hydrogens is 332 g/mol. The Bertz CT molecular complexity index is 888. The first kappa shape index (κ1) is 17.4. The van der Waals surface area contributed by atoms with Gasteiger partial charge in [-0.25, -0.2) is 8.42 Å². The first-order chi connectivity index (χ1) is 11.4. The summed E-state index contributed by atoms with van der Waals surface area (Å²) in [5, 5.41) is 13.0. The highest BCUT2D eigenvalue weighted by Gasteiger charge is 2.26. The summed E-state index contributed by atoms with van der Waals surface area (Å²) in [4.78, 5) is 21.9. The Balaban J connectivity index is 2.25. The molecule has 8 heteroatoms. The molecule has 2 aromatic carbocycles. The third kappa shape index (κ3) is 3.66. The van der Waals surface area contributed by atoms with E-state index in [-0.39, 0.29) is 16.3 Å². The van der Waals surface area contributed by atoms with Gasteiger partial charge >= 0.3 is 0 Å². The Morgan fingerprint density at radius 1 is 1.08 bits per heavy atom. The monoisotopic (exact) mass is 346 g/mol. The lowest BCUT2D eigenvalue weighted by atomic mass is 10.3. The number of allylic oxidation sites excluding steroid dienone is 1. The summed E-state index contributed by atoms with van der Waals surface area (Å²) in [6.45, 7) is 1.45. The van der Waals surface area contributed by atoms with E-state index in [0.717, 1.165) is 0 Å². The first-order valence-corrected chi connectivity index (χ1v) is 8.37.